The predicted molar refractivity (Wildman–Crippen MR) is 123 cm³/mol. The van der Waals surface area contributed by atoms with Crippen LogP contribution in [0.3, 0.4) is 0 Å². The summed E-state index contributed by atoms with van der Waals surface area (Å²) < 4.78 is 0. The highest BCUT2D eigenvalue weighted by molar-refractivity contribution is 6.23. The van der Waals surface area contributed by atoms with Crippen LogP contribution in [-0.2, 0) is 22.6 Å². The number of nitrogens with zero attached hydrogens (tertiary/aromatic N) is 1. The van der Waals surface area contributed by atoms with Crippen LogP contribution in [0.25, 0.3) is 0 Å². The number of hydrogen-bond donors (Lipinski definition) is 1. The van der Waals surface area contributed by atoms with Crippen LogP contribution in [0.1, 0.15) is 38.5 Å². The average Bonchev–Trinajstić information content (AvgIpc) is 3.24. The number of benzene rings is 3. The van der Waals surface area contributed by atoms with Crippen molar-refractivity contribution in [3.05, 3.63) is 101 Å². The molecule has 5 nitrogen and oxygen atoms in total. The van der Waals surface area contributed by atoms with Gasteiger partial charge in [-0.15, -0.1) is 0 Å². The summed E-state index contributed by atoms with van der Waals surface area (Å²) in [5.74, 6) is -1.76. The molecule has 0 spiro atoms. The van der Waals surface area contributed by atoms with Crippen LogP contribution in [0.2, 0.25) is 0 Å². The Bertz CT molecular complexity index is 1250. The molecule has 1 heterocycles. The lowest BCUT2D eigenvalue weighted by Gasteiger charge is -2.31. The molecule has 0 unspecified atom stereocenters. The third-order valence-electron chi connectivity index (χ3n) is 6.76. The molecule has 3 aromatic rings. The molecule has 5 heteroatoms. The summed E-state index contributed by atoms with van der Waals surface area (Å²) in [7, 11) is 1.70. The zero-order valence-electron chi connectivity index (χ0n) is 18.1. The summed E-state index contributed by atoms with van der Waals surface area (Å²) in [4.78, 5) is 42.8. The van der Waals surface area contributed by atoms with Crippen molar-refractivity contribution in [1.29, 1.82) is 0 Å². The molecule has 0 saturated heterocycles. The largest absolute Gasteiger partial charge is 0.351 e. The molecule has 0 radical (unpaired) electrons. The molecular formula is C27H24N2O3. The van der Waals surface area contributed by atoms with Gasteiger partial charge in [0.05, 0.1) is 5.92 Å². The van der Waals surface area contributed by atoms with E-state index in [-0.39, 0.29) is 18.1 Å². The molecule has 0 fully saturated rings. The number of hydrogen-bond acceptors (Lipinski definition) is 3. The maximum atomic E-state index is 13.9. The molecule has 0 saturated carbocycles. The van der Waals surface area contributed by atoms with E-state index in [1.165, 1.54) is 0 Å². The normalized spacial score (nSPS) is 21.4. The maximum Gasteiger partial charge on any atom is 0.235 e. The van der Waals surface area contributed by atoms with Crippen LogP contribution in [0, 0.1) is 12.3 Å². The van der Waals surface area contributed by atoms with E-state index in [0.717, 1.165) is 27.9 Å². The minimum absolute atomic E-state index is 0.209. The molecule has 5 rings (SSSR count). The lowest BCUT2D eigenvalue weighted by Crippen LogP contribution is -2.51. The van der Waals surface area contributed by atoms with Crippen molar-refractivity contribution in [2.75, 3.05) is 11.9 Å². The molecule has 1 N–H and O–H groups in total. The van der Waals surface area contributed by atoms with Crippen molar-refractivity contribution < 1.29 is 14.4 Å². The van der Waals surface area contributed by atoms with Gasteiger partial charge < -0.3 is 10.2 Å². The van der Waals surface area contributed by atoms with E-state index in [0.29, 0.717) is 12.1 Å². The first kappa shape index (κ1) is 20.2. The van der Waals surface area contributed by atoms with E-state index in [9.17, 15) is 14.4 Å². The number of Topliss-reactive ketones (excluding diaryl/α,β-unsaturated/α-hetero) is 1. The third-order valence-corrected chi connectivity index (χ3v) is 6.76. The van der Waals surface area contributed by atoms with Crippen LogP contribution in [0.15, 0.2) is 72.8 Å². The fourth-order valence-electron chi connectivity index (χ4n) is 5.12. The molecular weight excluding hydrogens is 400 g/mol. The number of rotatable bonds is 4. The number of aryl methyl sites for hydroxylation is 1. The lowest BCUT2D eigenvalue weighted by atomic mass is 9.68. The van der Waals surface area contributed by atoms with Crippen LogP contribution >= 0.6 is 0 Å². The lowest BCUT2D eigenvalue weighted by molar-refractivity contribution is -0.134. The minimum Gasteiger partial charge on any atom is -0.351 e. The molecule has 160 valence electrons. The first-order chi connectivity index (χ1) is 15.4. The molecule has 2 aliphatic rings. The highest BCUT2D eigenvalue weighted by Gasteiger charge is 2.61. The first-order valence-electron chi connectivity index (χ1n) is 10.8. The number of para-hydroxylation sites is 1. The smallest absolute Gasteiger partial charge is 0.235 e. The van der Waals surface area contributed by atoms with Gasteiger partial charge in [-0.05, 0) is 42.2 Å². The van der Waals surface area contributed by atoms with E-state index >= 15 is 0 Å². The number of nitrogens with one attached hydrogen (secondary N) is 1. The van der Waals surface area contributed by atoms with Crippen molar-refractivity contribution in [3.8, 4) is 0 Å². The SMILES string of the molecule is Cc1ccc2c(c1)C(=O)[C@@](C(=O)NCc1ccccc1)([C@@H]1C(=O)N(C)c3ccccc31)C2. The molecule has 2 amide bonds. The van der Waals surface area contributed by atoms with Crippen LogP contribution < -0.4 is 10.2 Å². The molecule has 2 atom stereocenters. The average molecular weight is 425 g/mol. The van der Waals surface area contributed by atoms with Crippen molar-refractivity contribution in [3.63, 3.8) is 0 Å². The minimum atomic E-state index is -1.51. The maximum absolute atomic E-state index is 13.9. The quantitative estimate of drug-likeness (QED) is 0.648. The van der Waals surface area contributed by atoms with E-state index in [1.54, 1.807) is 11.9 Å². The van der Waals surface area contributed by atoms with Gasteiger partial charge in [0, 0.05) is 24.8 Å². The Balaban J connectivity index is 1.62. The van der Waals surface area contributed by atoms with E-state index in [2.05, 4.69) is 5.32 Å². The number of anilines is 1. The molecule has 32 heavy (non-hydrogen) atoms. The first-order valence-corrected chi connectivity index (χ1v) is 10.8. The second kappa shape index (κ2) is 7.45. The molecule has 3 aromatic carbocycles. The second-order valence-corrected chi connectivity index (χ2v) is 8.70. The Labute approximate surface area is 187 Å². The molecule has 0 bridgehead atoms. The van der Waals surface area contributed by atoms with Gasteiger partial charge in [0.2, 0.25) is 11.8 Å². The van der Waals surface area contributed by atoms with Gasteiger partial charge in [-0.2, -0.15) is 0 Å². The molecule has 1 aliphatic carbocycles. The Kier molecular flexibility index (Phi) is 4.70. The van der Waals surface area contributed by atoms with Gasteiger partial charge in [-0.25, -0.2) is 0 Å². The zero-order chi connectivity index (χ0) is 22.5. The molecule has 1 aliphatic heterocycles. The summed E-state index contributed by atoms with van der Waals surface area (Å²) in [5.41, 5.74) is 3.21. The summed E-state index contributed by atoms with van der Waals surface area (Å²) in [5, 5.41) is 2.97. The van der Waals surface area contributed by atoms with Crippen molar-refractivity contribution in [1.82, 2.24) is 5.32 Å². The fraction of sp³-hybridized carbons (Fsp3) is 0.222. The second-order valence-electron chi connectivity index (χ2n) is 8.70. The van der Waals surface area contributed by atoms with Gasteiger partial charge in [0.25, 0.3) is 0 Å². The van der Waals surface area contributed by atoms with Gasteiger partial charge in [-0.1, -0.05) is 66.2 Å². The summed E-state index contributed by atoms with van der Waals surface area (Å²) >= 11 is 0. The third kappa shape index (κ3) is 2.88. The van der Waals surface area contributed by atoms with Gasteiger partial charge >= 0.3 is 0 Å². The number of likely N-dealkylation sites (N-methyl/N-ethyl adjacent to an activating group) is 1. The highest BCUT2D eigenvalue weighted by Crippen LogP contribution is 2.53. The zero-order valence-corrected chi connectivity index (χ0v) is 18.1. The van der Waals surface area contributed by atoms with Crippen molar-refractivity contribution >= 4 is 23.3 Å². The Hall–Kier alpha value is -3.73. The number of carbonyl (C=O) groups is 3. The van der Waals surface area contributed by atoms with E-state index in [1.807, 2.05) is 79.7 Å². The van der Waals surface area contributed by atoms with Crippen LogP contribution in [0.5, 0.6) is 0 Å². The summed E-state index contributed by atoms with van der Waals surface area (Å²) in [6.07, 6.45) is 0.209. The van der Waals surface area contributed by atoms with Gasteiger partial charge in [0.1, 0.15) is 5.41 Å². The monoisotopic (exact) mass is 424 g/mol. The predicted octanol–water partition coefficient (Wildman–Crippen LogP) is 3.80. The number of ketones is 1. The topological polar surface area (TPSA) is 66.5 Å². The Morgan fingerprint density at radius 1 is 1.03 bits per heavy atom. The van der Waals surface area contributed by atoms with E-state index < -0.39 is 17.2 Å². The highest BCUT2D eigenvalue weighted by atomic mass is 16.2. The fourth-order valence-corrected chi connectivity index (χ4v) is 5.12. The summed E-state index contributed by atoms with van der Waals surface area (Å²) in [6.45, 7) is 2.22. The summed E-state index contributed by atoms with van der Waals surface area (Å²) in [6, 6.07) is 22.7. The number of fused-ring (bicyclic) bond motifs is 2. The van der Waals surface area contributed by atoms with Gasteiger partial charge in [-0.3, -0.25) is 14.4 Å². The van der Waals surface area contributed by atoms with E-state index in [4.69, 9.17) is 0 Å². The van der Waals surface area contributed by atoms with Crippen LogP contribution in [-0.4, -0.2) is 24.6 Å². The Morgan fingerprint density at radius 3 is 2.53 bits per heavy atom. The van der Waals surface area contributed by atoms with Crippen molar-refractivity contribution in [2.24, 2.45) is 5.41 Å². The number of amides is 2. The van der Waals surface area contributed by atoms with Crippen molar-refractivity contribution in [2.45, 2.75) is 25.8 Å². The number of carbonyl (C=O) groups excluding carboxylic acids is 3. The van der Waals surface area contributed by atoms with Gasteiger partial charge in [0.15, 0.2) is 5.78 Å². The molecule has 0 aromatic heterocycles. The van der Waals surface area contributed by atoms with Crippen LogP contribution in [0.4, 0.5) is 5.69 Å². The Morgan fingerprint density at radius 2 is 1.75 bits per heavy atom. The standard InChI is InChI=1S/C27H24N2O3/c1-17-12-13-19-15-27(24(30)21(19)14-17,26(32)28-16-18-8-4-3-5-9-18)23-20-10-6-7-11-22(20)29(2)25(23)31/h3-14,23H,15-16H2,1-2H3,(H,28,32)/t23-,27-/m0/s1.